The second-order valence-corrected chi connectivity index (χ2v) is 6.46. The van der Waals surface area contributed by atoms with Gasteiger partial charge < -0.3 is 5.11 Å². The lowest BCUT2D eigenvalue weighted by Gasteiger charge is -2.04. The molecule has 4 heteroatoms. The van der Waals surface area contributed by atoms with E-state index in [1.165, 1.54) is 25.0 Å². The van der Waals surface area contributed by atoms with E-state index in [4.69, 9.17) is 5.11 Å². The van der Waals surface area contributed by atoms with Crippen LogP contribution in [0.25, 0.3) is 0 Å². The Bertz CT molecular complexity index is 157. The van der Waals surface area contributed by atoms with Crippen LogP contribution < -0.4 is 0 Å². The number of unbranched alkanes of at least 4 members (excludes halogenated alkanes) is 1. The molecular weight excluding hydrogens is 228 g/mol. The Labute approximate surface area is 101 Å². The van der Waals surface area contributed by atoms with Gasteiger partial charge in [-0.15, -0.1) is 0 Å². The monoisotopic (exact) mass is 250 g/mol. The van der Waals surface area contributed by atoms with Gasteiger partial charge in [-0.1, -0.05) is 48.3 Å². The van der Waals surface area contributed by atoms with Gasteiger partial charge in [0.1, 0.15) is 0 Å². The summed E-state index contributed by atoms with van der Waals surface area (Å²) in [7, 11) is 3.92. The van der Waals surface area contributed by atoms with Crippen molar-refractivity contribution in [3.05, 3.63) is 0 Å². The number of carbonyl (C=O) groups is 1. The number of aliphatic carboxylic acids is 1. The highest BCUT2D eigenvalue weighted by Gasteiger charge is 2.15. The van der Waals surface area contributed by atoms with Crippen molar-refractivity contribution in [2.45, 2.75) is 57.6 Å². The molecule has 2 nitrogen and oxygen atoms in total. The summed E-state index contributed by atoms with van der Waals surface area (Å²) in [5.41, 5.74) is 0. The summed E-state index contributed by atoms with van der Waals surface area (Å²) in [6.07, 6.45) is 6.01. The predicted octanol–water partition coefficient (Wildman–Crippen LogP) is 4.20. The van der Waals surface area contributed by atoms with E-state index >= 15 is 0 Å². The Hall–Kier alpha value is 0.170. The normalized spacial score (nSPS) is 19.5. The van der Waals surface area contributed by atoms with Crippen molar-refractivity contribution in [2.75, 3.05) is 5.75 Å². The highest BCUT2D eigenvalue weighted by atomic mass is 33.1. The van der Waals surface area contributed by atoms with E-state index in [-0.39, 0.29) is 0 Å². The second-order valence-electron chi connectivity index (χ2n) is 3.68. The fourth-order valence-corrected chi connectivity index (χ4v) is 4.24. The van der Waals surface area contributed by atoms with Gasteiger partial charge in [0, 0.05) is 17.4 Å². The van der Waals surface area contributed by atoms with E-state index in [1.54, 1.807) is 0 Å². The molecule has 15 heavy (non-hydrogen) atoms. The molecule has 1 N–H and O–H groups in total. The van der Waals surface area contributed by atoms with Crippen LogP contribution in [0.1, 0.15) is 52.4 Å². The number of carboxylic acid groups (broad SMARTS) is 1. The third kappa shape index (κ3) is 10.5. The molecular formula is C11H22O2S2. The van der Waals surface area contributed by atoms with E-state index < -0.39 is 5.97 Å². The molecule has 0 aromatic heterocycles. The first-order valence-electron chi connectivity index (χ1n) is 5.70. The van der Waals surface area contributed by atoms with E-state index in [1.807, 2.05) is 21.6 Å². The molecule has 90 valence electrons. The third-order valence-electron chi connectivity index (χ3n) is 1.89. The van der Waals surface area contributed by atoms with Gasteiger partial charge in [-0.2, -0.15) is 0 Å². The van der Waals surface area contributed by atoms with Crippen LogP contribution in [0.4, 0.5) is 0 Å². The SMILES string of the molecule is CCC.O=C(O)CCCCC1CCSS1. The average molecular weight is 250 g/mol. The van der Waals surface area contributed by atoms with Crippen LogP contribution in [0.15, 0.2) is 0 Å². The van der Waals surface area contributed by atoms with Crippen LogP contribution in [0.5, 0.6) is 0 Å². The van der Waals surface area contributed by atoms with Gasteiger partial charge >= 0.3 is 5.97 Å². The van der Waals surface area contributed by atoms with E-state index in [0.717, 1.165) is 18.1 Å². The molecule has 0 spiro atoms. The Morgan fingerprint density at radius 1 is 1.40 bits per heavy atom. The van der Waals surface area contributed by atoms with Crippen molar-refractivity contribution in [3.8, 4) is 0 Å². The van der Waals surface area contributed by atoms with Crippen LogP contribution in [-0.4, -0.2) is 22.1 Å². The summed E-state index contributed by atoms with van der Waals surface area (Å²) in [6.45, 7) is 4.25. The van der Waals surface area contributed by atoms with E-state index in [0.29, 0.717) is 6.42 Å². The minimum absolute atomic E-state index is 0.338. The molecule has 1 rings (SSSR count). The van der Waals surface area contributed by atoms with Crippen molar-refractivity contribution in [3.63, 3.8) is 0 Å². The summed E-state index contributed by atoms with van der Waals surface area (Å²) in [6, 6.07) is 0. The summed E-state index contributed by atoms with van der Waals surface area (Å²) >= 11 is 0. The minimum Gasteiger partial charge on any atom is -0.481 e. The van der Waals surface area contributed by atoms with Gasteiger partial charge in [0.2, 0.25) is 0 Å². The highest BCUT2D eigenvalue weighted by Crippen LogP contribution is 2.39. The standard InChI is InChI=1S/C8H14O2S2.C3H8/c9-8(10)4-2-1-3-7-5-6-11-12-7;1-3-2/h7H,1-6H2,(H,9,10);3H2,1-2H3. The summed E-state index contributed by atoms with van der Waals surface area (Å²) in [4.78, 5) is 10.2. The largest absolute Gasteiger partial charge is 0.481 e. The van der Waals surface area contributed by atoms with E-state index in [2.05, 4.69) is 13.8 Å². The predicted molar refractivity (Wildman–Crippen MR) is 70.5 cm³/mol. The van der Waals surface area contributed by atoms with Gasteiger partial charge in [-0.05, 0) is 19.3 Å². The van der Waals surface area contributed by atoms with Crippen molar-refractivity contribution in [1.29, 1.82) is 0 Å². The van der Waals surface area contributed by atoms with Crippen LogP contribution >= 0.6 is 21.6 Å². The molecule has 0 saturated carbocycles. The van der Waals surface area contributed by atoms with Crippen molar-refractivity contribution in [2.24, 2.45) is 0 Å². The molecule has 1 heterocycles. The quantitative estimate of drug-likeness (QED) is 0.586. The lowest BCUT2D eigenvalue weighted by Crippen LogP contribution is -1.99. The number of hydrogen-bond donors (Lipinski definition) is 1. The van der Waals surface area contributed by atoms with Gasteiger partial charge in [0.15, 0.2) is 0 Å². The zero-order valence-corrected chi connectivity index (χ0v) is 11.3. The molecule has 0 aromatic carbocycles. The first kappa shape index (κ1) is 15.2. The minimum atomic E-state index is -0.663. The smallest absolute Gasteiger partial charge is 0.303 e. The summed E-state index contributed by atoms with van der Waals surface area (Å²) < 4.78 is 0. The molecule has 1 unspecified atom stereocenters. The van der Waals surface area contributed by atoms with Crippen LogP contribution in [0.2, 0.25) is 0 Å². The molecule has 1 fully saturated rings. The first-order chi connectivity index (χ1) is 7.20. The van der Waals surface area contributed by atoms with Crippen LogP contribution in [-0.2, 0) is 4.79 Å². The van der Waals surface area contributed by atoms with Crippen LogP contribution in [0, 0.1) is 0 Å². The van der Waals surface area contributed by atoms with Crippen molar-refractivity contribution < 1.29 is 9.90 Å². The van der Waals surface area contributed by atoms with Gasteiger partial charge in [0.25, 0.3) is 0 Å². The van der Waals surface area contributed by atoms with Crippen molar-refractivity contribution in [1.82, 2.24) is 0 Å². The highest BCUT2D eigenvalue weighted by molar-refractivity contribution is 8.77. The average Bonchev–Trinajstić information content (AvgIpc) is 2.66. The zero-order chi connectivity index (χ0) is 11.5. The zero-order valence-electron chi connectivity index (χ0n) is 9.70. The maximum atomic E-state index is 10.2. The molecule has 0 aromatic rings. The maximum Gasteiger partial charge on any atom is 0.303 e. The Kier molecular flexibility index (Phi) is 10.8. The molecule has 0 bridgehead atoms. The lowest BCUT2D eigenvalue weighted by atomic mass is 10.1. The first-order valence-corrected chi connectivity index (χ1v) is 8.09. The van der Waals surface area contributed by atoms with Crippen molar-refractivity contribution >= 4 is 27.6 Å². The number of carboxylic acids is 1. The molecule has 1 atom stereocenters. The number of hydrogen-bond acceptors (Lipinski definition) is 3. The molecule has 1 aliphatic heterocycles. The fraction of sp³-hybridized carbons (Fsp3) is 0.909. The van der Waals surface area contributed by atoms with Gasteiger partial charge in [0.05, 0.1) is 0 Å². The molecule has 1 saturated heterocycles. The third-order valence-corrected chi connectivity index (χ3v) is 4.90. The molecule has 0 amide bonds. The topological polar surface area (TPSA) is 37.3 Å². The second kappa shape index (κ2) is 10.7. The Balaban J connectivity index is 0.000000583. The Morgan fingerprint density at radius 3 is 2.53 bits per heavy atom. The lowest BCUT2D eigenvalue weighted by molar-refractivity contribution is -0.137. The van der Waals surface area contributed by atoms with Gasteiger partial charge in [-0.25, -0.2) is 0 Å². The number of rotatable bonds is 5. The molecule has 1 aliphatic rings. The van der Waals surface area contributed by atoms with Crippen LogP contribution in [0.3, 0.4) is 0 Å². The maximum absolute atomic E-state index is 10.2. The molecule has 0 aliphatic carbocycles. The summed E-state index contributed by atoms with van der Waals surface area (Å²) in [5, 5.41) is 9.19. The van der Waals surface area contributed by atoms with Gasteiger partial charge in [-0.3, -0.25) is 4.79 Å². The fourth-order valence-electron chi connectivity index (χ4n) is 1.21. The summed E-state index contributed by atoms with van der Waals surface area (Å²) in [5.74, 6) is 0.609. The Morgan fingerprint density at radius 2 is 2.07 bits per heavy atom. The molecule has 0 radical (unpaired) electrons. The van der Waals surface area contributed by atoms with E-state index in [9.17, 15) is 4.79 Å².